The van der Waals surface area contributed by atoms with Crippen molar-refractivity contribution in [2.75, 3.05) is 0 Å². The van der Waals surface area contributed by atoms with Crippen molar-refractivity contribution in [3.63, 3.8) is 0 Å². The number of hydrogen-bond acceptors (Lipinski definition) is 2. The van der Waals surface area contributed by atoms with Gasteiger partial charge in [0.05, 0.1) is 0 Å². The van der Waals surface area contributed by atoms with Crippen LogP contribution in [0.4, 0.5) is 0 Å². The van der Waals surface area contributed by atoms with Gasteiger partial charge in [0.25, 0.3) is 0 Å². The fourth-order valence-electron chi connectivity index (χ4n) is 0.680. The van der Waals surface area contributed by atoms with E-state index in [4.69, 9.17) is 21.8 Å². The minimum absolute atomic E-state index is 0. The molecule has 0 saturated carbocycles. The van der Waals surface area contributed by atoms with Gasteiger partial charge < -0.3 is 10.2 Å². The van der Waals surface area contributed by atoms with E-state index in [1.807, 2.05) is 0 Å². The number of aromatic carboxylic acids is 1. The van der Waals surface area contributed by atoms with E-state index < -0.39 is 5.97 Å². The van der Waals surface area contributed by atoms with Crippen LogP contribution < -0.4 is 0 Å². The molecule has 0 aliphatic rings. The number of halogens is 1. The van der Waals surface area contributed by atoms with Crippen LogP contribution in [0.25, 0.3) is 0 Å². The van der Waals surface area contributed by atoms with Crippen molar-refractivity contribution in [2.24, 2.45) is 0 Å². The molecule has 2 N–H and O–H groups in total. The standard InChI is InChI=1S/C7H5ClO3.Mn/c8-4-1-2-6(9)5(3-4)7(10)11;/h1-3,9H,(H,10,11);. The van der Waals surface area contributed by atoms with Crippen molar-refractivity contribution in [1.82, 2.24) is 0 Å². The zero-order valence-electron chi connectivity index (χ0n) is 5.79. The third-order valence-electron chi connectivity index (χ3n) is 1.19. The Labute approximate surface area is 84.4 Å². The quantitative estimate of drug-likeness (QED) is 0.719. The first-order valence-electron chi connectivity index (χ1n) is 2.83. The molecule has 1 rings (SSSR count). The van der Waals surface area contributed by atoms with E-state index in [2.05, 4.69) is 0 Å². The first kappa shape index (κ1) is 11.3. The molecule has 65 valence electrons. The molecule has 0 unspecified atom stereocenters. The van der Waals surface area contributed by atoms with Gasteiger partial charge in [0.1, 0.15) is 11.3 Å². The molecule has 0 amide bonds. The summed E-state index contributed by atoms with van der Waals surface area (Å²) < 4.78 is 0. The number of rotatable bonds is 1. The average Bonchev–Trinajstić information content (AvgIpc) is 1.94. The van der Waals surface area contributed by atoms with E-state index in [0.29, 0.717) is 5.02 Å². The van der Waals surface area contributed by atoms with Crippen LogP contribution in [-0.4, -0.2) is 16.2 Å². The summed E-state index contributed by atoms with van der Waals surface area (Å²) in [6.07, 6.45) is 0. The van der Waals surface area contributed by atoms with Gasteiger partial charge in [-0.05, 0) is 18.2 Å². The Kier molecular flexibility index (Phi) is 4.10. The average molecular weight is 228 g/mol. The van der Waals surface area contributed by atoms with Crippen molar-refractivity contribution < 1.29 is 32.1 Å². The van der Waals surface area contributed by atoms with Crippen LogP contribution in [-0.2, 0) is 17.1 Å². The van der Waals surface area contributed by atoms with E-state index >= 15 is 0 Å². The Balaban J connectivity index is 0.00000121. The summed E-state index contributed by atoms with van der Waals surface area (Å²) in [5.41, 5.74) is -0.183. The zero-order valence-corrected chi connectivity index (χ0v) is 7.73. The maximum absolute atomic E-state index is 10.4. The molecular formula is C7H5ClMnO3. The predicted octanol–water partition coefficient (Wildman–Crippen LogP) is 1.74. The summed E-state index contributed by atoms with van der Waals surface area (Å²) in [5, 5.41) is 17.7. The van der Waals surface area contributed by atoms with Gasteiger partial charge in [-0.2, -0.15) is 0 Å². The minimum Gasteiger partial charge on any atom is -0.507 e. The Morgan fingerprint density at radius 2 is 2.00 bits per heavy atom. The van der Waals surface area contributed by atoms with Crippen LogP contribution in [0, 0.1) is 0 Å². The minimum atomic E-state index is -1.19. The van der Waals surface area contributed by atoms with Gasteiger partial charge in [-0.3, -0.25) is 0 Å². The second-order valence-electron chi connectivity index (χ2n) is 1.97. The maximum Gasteiger partial charge on any atom is 0.339 e. The number of carboxylic acids is 1. The fraction of sp³-hybridized carbons (Fsp3) is 0. The van der Waals surface area contributed by atoms with E-state index in [1.54, 1.807) is 0 Å². The van der Waals surface area contributed by atoms with Gasteiger partial charge in [0, 0.05) is 22.1 Å². The summed E-state index contributed by atoms with van der Waals surface area (Å²) in [6.45, 7) is 0. The third kappa shape index (κ3) is 2.41. The molecule has 0 aliphatic heterocycles. The normalized spacial score (nSPS) is 8.75. The van der Waals surface area contributed by atoms with Crippen molar-refractivity contribution in [3.05, 3.63) is 28.8 Å². The summed E-state index contributed by atoms with van der Waals surface area (Å²) >= 11 is 5.49. The molecule has 0 heterocycles. The molecule has 3 nitrogen and oxygen atoms in total. The Hall–Kier alpha value is -0.701. The topological polar surface area (TPSA) is 57.5 Å². The molecular weight excluding hydrogens is 222 g/mol. The third-order valence-corrected chi connectivity index (χ3v) is 1.42. The predicted molar refractivity (Wildman–Crippen MR) is 40.1 cm³/mol. The van der Waals surface area contributed by atoms with Gasteiger partial charge in [-0.25, -0.2) is 4.79 Å². The van der Waals surface area contributed by atoms with Crippen LogP contribution in [0.3, 0.4) is 0 Å². The SMILES string of the molecule is O=C(O)c1cc(Cl)ccc1O.[Mn]. The van der Waals surface area contributed by atoms with Crippen LogP contribution in [0.2, 0.25) is 5.02 Å². The molecule has 0 fully saturated rings. The number of hydrogen-bond donors (Lipinski definition) is 2. The number of carbonyl (C=O) groups is 1. The van der Waals surface area contributed by atoms with Crippen molar-refractivity contribution in [2.45, 2.75) is 0 Å². The molecule has 0 spiro atoms. The molecule has 0 aliphatic carbocycles. The molecule has 1 aromatic carbocycles. The van der Waals surface area contributed by atoms with Crippen LogP contribution >= 0.6 is 11.6 Å². The number of phenols is 1. The Bertz CT molecular complexity index is 301. The van der Waals surface area contributed by atoms with Gasteiger partial charge >= 0.3 is 5.97 Å². The van der Waals surface area contributed by atoms with E-state index in [1.165, 1.54) is 18.2 Å². The summed E-state index contributed by atoms with van der Waals surface area (Å²) in [4.78, 5) is 10.4. The molecule has 5 heteroatoms. The molecule has 0 aromatic heterocycles. The van der Waals surface area contributed by atoms with Gasteiger partial charge in [-0.1, -0.05) is 11.6 Å². The van der Waals surface area contributed by atoms with Gasteiger partial charge in [0.15, 0.2) is 0 Å². The van der Waals surface area contributed by atoms with E-state index in [0.717, 1.165) is 0 Å². The van der Waals surface area contributed by atoms with Crippen molar-refractivity contribution in [3.8, 4) is 5.75 Å². The van der Waals surface area contributed by atoms with Crippen LogP contribution in [0.1, 0.15) is 10.4 Å². The first-order valence-corrected chi connectivity index (χ1v) is 3.21. The number of aromatic hydroxyl groups is 1. The number of benzene rings is 1. The molecule has 0 bridgehead atoms. The van der Waals surface area contributed by atoms with Crippen molar-refractivity contribution in [1.29, 1.82) is 0 Å². The summed E-state index contributed by atoms with van der Waals surface area (Å²) in [5.74, 6) is -1.47. The van der Waals surface area contributed by atoms with E-state index in [-0.39, 0.29) is 28.4 Å². The molecule has 1 radical (unpaired) electrons. The summed E-state index contributed by atoms with van der Waals surface area (Å²) in [6, 6.07) is 3.86. The second kappa shape index (κ2) is 4.36. The largest absolute Gasteiger partial charge is 0.507 e. The monoisotopic (exact) mass is 227 g/mol. The van der Waals surface area contributed by atoms with Gasteiger partial charge in [-0.15, -0.1) is 0 Å². The smallest absolute Gasteiger partial charge is 0.339 e. The first-order chi connectivity index (χ1) is 5.11. The Morgan fingerprint density at radius 3 is 2.42 bits per heavy atom. The summed E-state index contributed by atoms with van der Waals surface area (Å²) in [7, 11) is 0. The Morgan fingerprint density at radius 1 is 1.42 bits per heavy atom. The molecule has 1 aromatic rings. The molecule has 0 atom stereocenters. The van der Waals surface area contributed by atoms with Crippen molar-refractivity contribution >= 4 is 17.6 Å². The zero-order chi connectivity index (χ0) is 8.43. The molecule has 12 heavy (non-hydrogen) atoms. The number of carboxylic acid groups (broad SMARTS) is 1. The van der Waals surface area contributed by atoms with Gasteiger partial charge in [0.2, 0.25) is 0 Å². The van der Waals surface area contributed by atoms with Crippen LogP contribution in [0.15, 0.2) is 18.2 Å². The van der Waals surface area contributed by atoms with Crippen LogP contribution in [0.5, 0.6) is 5.75 Å². The van der Waals surface area contributed by atoms with E-state index in [9.17, 15) is 4.79 Å². The maximum atomic E-state index is 10.4. The molecule has 0 saturated heterocycles. The second-order valence-corrected chi connectivity index (χ2v) is 2.40. The fourth-order valence-corrected chi connectivity index (χ4v) is 0.852.